The number of nitrogens with zero attached hydrogens (tertiary/aromatic N) is 4. The maximum absolute atomic E-state index is 5.64. The van der Waals surface area contributed by atoms with Gasteiger partial charge >= 0.3 is 0 Å². The molecule has 2 aromatic heterocycles. The molecule has 2 rings (SSSR count). The van der Waals surface area contributed by atoms with E-state index in [0.717, 1.165) is 16.7 Å². The molecule has 0 aromatic carbocycles. The maximum atomic E-state index is 5.64. The largest absolute Gasteiger partial charge is 0.264 e. The molecule has 0 atom stereocenters. The predicted molar refractivity (Wildman–Crippen MR) is 46.1 cm³/mol. The first-order chi connectivity index (χ1) is 5.68. The molecule has 4 nitrogen and oxygen atoms in total. The van der Waals surface area contributed by atoms with E-state index in [4.69, 9.17) is 11.6 Å². The van der Waals surface area contributed by atoms with Gasteiger partial charge in [0.1, 0.15) is 11.0 Å². The van der Waals surface area contributed by atoms with Gasteiger partial charge < -0.3 is 0 Å². The highest BCUT2D eigenvalue weighted by Crippen LogP contribution is 2.14. The highest BCUT2D eigenvalue weighted by molar-refractivity contribution is 6.28. The van der Waals surface area contributed by atoms with E-state index in [1.165, 1.54) is 0 Å². The molecule has 62 valence electrons. The molecule has 0 bridgehead atoms. The lowest BCUT2D eigenvalue weighted by atomic mass is 10.4. The quantitative estimate of drug-likeness (QED) is 0.578. The number of aromatic nitrogens is 4. The fourth-order valence-corrected chi connectivity index (χ4v) is 1.32. The van der Waals surface area contributed by atoms with Crippen LogP contribution >= 0.6 is 11.6 Å². The van der Waals surface area contributed by atoms with Crippen LogP contribution in [0.25, 0.3) is 11.0 Å². The summed E-state index contributed by atoms with van der Waals surface area (Å²) in [6.45, 7) is 1.89. The average molecular weight is 183 g/mol. The Morgan fingerprint density at radius 1 is 1.50 bits per heavy atom. The summed E-state index contributed by atoms with van der Waals surface area (Å²) >= 11 is 5.64. The zero-order valence-corrected chi connectivity index (χ0v) is 7.50. The van der Waals surface area contributed by atoms with Crippen molar-refractivity contribution in [2.75, 3.05) is 0 Å². The van der Waals surface area contributed by atoms with Gasteiger partial charge in [0, 0.05) is 7.05 Å². The standard InChI is InChI=1S/C7H7ClN4/c1-4-6-5(12(2)11-4)3-9-7(8)10-6/h3H,1-2H3. The average Bonchev–Trinajstić information content (AvgIpc) is 2.28. The second-order valence-electron chi connectivity index (χ2n) is 2.58. The topological polar surface area (TPSA) is 43.6 Å². The minimum atomic E-state index is 0.263. The molecule has 0 aliphatic carbocycles. The summed E-state index contributed by atoms with van der Waals surface area (Å²) in [7, 11) is 1.85. The molecule has 0 saturated heterocycles. The van der Waals surface area contributed by atoms with Crippen LogP contribution in [0.5, 0.6) is 0 Å². The molecule has 0 radical (unpaired) electrons. The fourth-order valence-electron chi connectivity index (χ4n) is 1.18. The minimum absolute atomic E-state index is 0.263. The van der Waals surface area contributed by atoms with Crippen molar-refractivity contribution in [3.63, 3.8) is 0 Å². The highest BCUT2D eigenvalue weighted by Gasteiger charge is 2.06. The van der Waals surface area contributed by atoms with E-state index in [1.807, 2.05) is 14.0 Å². The first kappa shape index (κ1) is 7.49. The van der Waals surface area contributed by atoms with Crippen molar-refractivity contribution in [3.05, 3.63) is 17.2 Å². The van der Waals surface area contributed by atoms with Gasteiger partial charge in [-0.1, -0.05) is 0 Å². The molecule has 2 aromatic rings. The number of rotatable bonds is 0. The van der Waals surface area contributed by atoms with Crippen LogP contribution in [-0.4, -0.2) is 19.7 Å². The monoisotopic (exact) mass is 182 g/mol. The summed E-state index contributed by atoms with van der Waals surface area (Å²) in [5.74, 6) is 0. The third-order valence-electron chi connectivity index (χ3n) is 1.73. The normalized spacial score (nSPS) is 10.9. The minimum Gasteiger partial charge on any atom is -0.264 e. The van der Waals surface area contributed by atoms with Crippen LogP contribution in [0.15, 0.2) is 6.20 Å². The van der Waals surface area contributed by atoms with Crippen molar-refractivity contribution in [2.45, 2.75) is 6.92 Å². The van der Waals surface area contributed by atoms with Gasteiger partial charge in [-0.05, 0) is 18.5 Å². The van der Waals surface area contributed by atoms with Gasteiger partial charge in [-0.15, -0.1) is 0 Å². The summed E-state index contributed by atoms with van der Waals surface area (Å²) in [5, 5.41) is 4.45. The first-order valence-electron chi connectivity index (χ1n) is 3.50. The Kier molecular flexibility index (Phi) is 1.51. The maximum Gasteiger partial charge on any atom is 0.223 e. The van der Waals surface area contributed by atoms with Crippen LogP contribution in [0, 0.1) is 6.92 Å². The lowest BCUT2D eigenvalue weighted by Gasteiger charge is -1.91. The molecule has 0 N–H and O–H groups in total. The number of hydrogen-bond acceptors (Lipinski definition) is 3. The fraction of sp³-hybridized carbons (Fsp3) is 0.286. The third-order valence-corrected chi connectivity index (χ3v) is 1.91. The molecule has 2 heterocycles. The van der Waals surface area contributed by atoms with Crippen molar-refractivity contribution in [2.24, 2.45) is 7.05 Å². The Morgan fingerprint density at radius 2 is 2.25 bits per heavy atom. The van der Waals surface area contributed by atoms with E-state index in [2.05, 4.69) is 15.1 Å². The zero-order chi connectivity index (χ0) is 8.72. The van der Waals surface area contributed by atoms with Crippen molar-refractivity contribution >= 4 is 22.6 Å². The van der Waals surface area contributed by atoms with Gasteiger partial charge in [-0.25, -0.2) is 9.97 Å². The molecular weight excluding hydrogens is 176 g/mol. The third kappa shape index (κ3) is 0.956. The number of aryl methyl sites for hydroxylation is 2. The summed E-state index contributed by atoms with van der Waals surface area (Å²) in [6, 6.07) is 0. The van der Waals surface area contributed by atoms with E-state index < -0.39 is 0 Å². The lowest BCUT2D eigenvalue weighted by Crippen LogP contribution is -1.90. The summed E-state index contributed by atoms with van der Waals surface area (Å²) < 4.78 is 1.74. The molecule has 12 heavy (non-hydrogen) atoms. The Morgan fingerprint density at radius 3 is 3.00 bits per heavy atom. The van der Waals surface area contributed by atoms with E-state index in [0.29, 0.717) is 0 Å². The Bertz CT molecular complexity index is 434. The van der Waals surface area contributed by atoms with Gasteiger partial charge in [-0.2, -0.15) is 5.10 Å². The molecule has 0 unspecified atom stereocenters. The van der Waals surface area contributed by atoms with Gasteiger partial charge in [0.05, 0.1) is 11.9 Å². The number of halogens is 1. The molecular formula is C7H7ClN4. The smallest absolute Gasteiger partial charge is 0.223 e. The van der Waals surface area contributed by atoms with Crippen LogP contribution in [-0.2, 0) is 7.05 Å². The first-order valence-corrected chi connectivity index (χ1v) is 3.88. The molecule has 0 saturated carbocycles. The highest BCUT2D eigenvalue weighted by atomic mass is 35.5. The van der Waals surface area contributed by atoms with Crippen LogP contribution in [0.3, 0.4) is 0 Å². The zero-order valence-electron chi connectivity index (χ0n) is 6.74. The van der Waals surface area contributed by atoms with Crippen molar-refractivity contribution in [1.29, 1.82) is 0 Å². The second-order valence-corrected chi connectivity index (χ2v) is 2.92. The number of fused-ring (bicyclic) bond motifs is 1. The summed E-state index contributed by atoms with van der Waals surface area (Å²) in [4.78, 5) is 7.94. The Balaban J connectivity index is 2.90. The Labute approximate surface area is 74.2 Å². The van der Waals surface area contributed by atoms with Gasteiger partial charge in [-0.3, -0.25) is 4.68 Å². The van der Waals surface area contributed by atoms with E-state index in [9.17, 15) is 0 Å². The molecule has 0 aliphatic rings. The number of hydrogen-bond donors (Lipinski definition) is 0. The van der Waals surface area contributed by atoms with Crippen molar-refractivity contribution < 1.29 is 0 Å². The van der Waals surface area contributed by atoms with Gasteiger partial charge in [0.25, 0.3) is 0 Å². The predicted octanol–water partition coefficient (Wildman–Crippen LogP) is 1.33. The van der Waals surface area contributed by atoms with Crippen LogP contribution in [0.1, 0.15) is 5.69 Å². The SMILES string of the molecule is Cc1nn(C)c2cnc(Cl)nc12. The molecule has 5 heteroatoms. The lowest BCUT2D eigenvalue weighted by molar-refractivity contribution is 0.782. The molecule has 0 amide bonds. The van der Waals surface area contributed by atoms with Crippen LogP contribution in [0.4, 0.5) is 0 Å². The van der Waals surface area contributed by atoms with E-state index in [1.54, 1.807) is 10.9 Å². The van der Waals surface area contributed by atoms with E-state index in [-0.39, 0.29) is 5.28 Å². The van der Waals surface area contributed by atoms with Crippen LogP contribution in [0.2, 0.25) is 5.28 Å². The van der Waals surface area contributed by atoms with Crippen molar-refractivity contribution in [3.8, 4) is 0 Å². The second kappa shape index (κ2) is 2.42. The van der Waals surface area contributed by atoms with Crippen molar-refractivity contribution in [1.82, 2.24) is 19.7 Å². The summed E-state index contributed by atoms with van der Waals surface area (Å²) in [5.41, 5.74) is 2.59. The Hall–Kier alpha value is -1.16. The molecule has 0 fully saturated rings. The van der Waals surface area contributed by atoms with Gasteiger partial charge in [0.15, 0.2) is 0 Å². The summed E-state index contributed by atoms with van der Waals surface area (Å²) in [6.07, 6.45) is 1.67. The molecule has 0 spiro atoms. The van der Waals surface area contributed by atoms with Crippen LogP contribution < -0.4 is 0 Å². The molecule has 0 aliphatic heterocycles. The van der Waals surface area contributed by atoms with E-state index >= 15 is 0 Å². The van der Waals surface area contributed by atoms with Gasteiger partial charge in [0.2, 0.25) is 5.28 Å².